The molecule has 0 fully saturated rings. The summed E-state index contributed by atoms with van der Waals surface area (Å²) in [6.07, 6.45) is 3.84. The molecule has 0 aliphatic rings. The lowest BCUT2D eigenvalue weighted by atomic mass is 10.3. The molecule has 0 saturated heterocycles. The molecule has 18 heavy (non-hydrogen) atoms. The van der Waals surface area contributed by atoms with E-state index >= 15 is 0 Å². The number of hydrogen-bond donors (Lipinski definition) is 4. The SMILES string of the molecule is O=C(NCCc1ncc[nH]1)c1cc(=O)[nH]c(=O)[nH]1. The molecule has 2 aromatic heterocycles. The molecule has 0 aromatic carbocycles. The fourth-order valence-electron chi connectivity index (χ4n) is 1.42. The third kappa shape index (κ3) is 2.94. The van der Waals surface area contributed by atoms with E-state index in [0.29, 0.717) is 13.0 Å². The summed E-state index contributed by atoms with van der Waals surface area (Å²) < 4.78 is 0. The second-order valence-corrected chi connectivity index (χ2v) is 3.54. The zero-order valence-electron chi connectivity index (χ0n) is 9.32. The van der Waals surface area contributed by atoms with Gasteiger partial charge in [-0.2, -0.15) is 0 Å². The van der Waals surface area contributed by atoms with Gasteiger partial charge in [0, 0.05) is 31.4 Å². The van der Waals surface area contributed by atoms with Crippen molar-refractivity contribution in [1.82, 2.24) is 25.3 Å². The van der Waals surface area contributed by atoms with E-state index in [4.69, 9.17) is 0 Å². The largest absolute Gasteiger partial charge is 0.350 e. The molecule has 8 nitrogen and oxygen atoms in total. The summed E-state index contributed by atoms with van der Waals surface area (Å²) >= 11 is 0. The number of imidazole rings is 1. The lowest BCUT2D eigenvalue weighted by Crippen LogP contribution is -2.32. The molecule has 0 aliphatic heterocycles. The smallest absolute Gasteiger partial charge is 0.326 e. The molecule has 2 heterocycles. The minimum Gasteiger partial charge on any atom is -0.350 e. The molecule has 0 spiro atoms. The predicted octanol–water partition coefficient (Wildman–Crippen LogP) is -1.24. The second kappa shape index (κ2) is 5.13. The Balaban J connectivity index is 1.95. The number of rotatable bonds is 4. The van der Waals surface area contributed by atoms with Crippen molar-refractivity contribution in [3.05, 3.63) is 50.8 Å². The van der Waals surface area contributed by atoms with Crippen LogP contribution in [0.5, 0.6) is 0 Å². The van der Waals surface area contributed by atoms with Crippen molar-refractivity contribution >= 4 is 5.91 Å². The van der Waals surface area contributed by atoms with Crippen LogP contribution in [0.25, 0.3) is 0 Å². The van der Waals surface area contributed by atoms with Crippen LogP contribution in [0.2, 0.25) is 0 Å². The Labute approximate surface area is 100 Å². The van der Waals surface area contributed by atoms with Crippen LogP contribution >= 0.6 is 0 Å². The number of carbonyl (C=O) groups excluding carboxylic acids is 1. The Bertz CT molecular complexity index is 612. The molecule has 1 amide bonds. The van der Waals surface area contributed by atoms with Crippen LogP contribution in [0.1, 0.15) is 16.3 Å². The summed E-state index contributed by atoms with van der Waals surface area (Å²) in [6, 6.07) is 1.03. The first-order valence-corrected chi connectivity index (χ1v) is 5.25. The summed E-state index contributed by atoms with van der Waals surface area (Å²) in [5.41, 5.74) is -1.39. The normalized spacial score (nSPS) is 10.2. The van der Waals surface area contributed by atoms with Crippen LogP contribution in [0, 0.1) is 0 Å². The third-order valence-corrected chi connectivity index (χ3v) is 2.21. The molecule has 2 rings (SSSR count). The van der Waals surface area contributed by atoms with Gasteiger partial charge >= 0.3 is 5.69 Å². The van der Waals surface area contributed by atoms with E-state index in [2.05, 4.69) is 20.3 Å². The maximum absolute atomic E-state index is 11.6. The standard InChI is InChI=1S/C10H11N5O3/c16-8-5-6(14-10(18)15-8)9(17)13-2-1-7-11-3-4-12-7/h3-5H,1-2H2,(H,11,12)(H,13,17)(H2,14,15,16,18). The van der Waals surface area contributed by atoms with Gasteiger partial charge in [-0.05, 0) is 0 Å². The van der Waals surface area contributed by atoms with Crippen molar-refractivity contribution in [2.24, 2.45) is 0 Å². The average molecular weight is 249 g/mol. The minimum absolute atomic E-state index is 0.0665. The molecule has 94 valence electrons. The molecular formula is C10H11N5O3. The molecule has 0 bridgehead atoms. The fraction of sp³-hybridized carbons (Fsp3) is 0.200. The Morgan fingerprint density at radius 1 is 1.33 bits per heavy atom. The van der Waals surface area contributed by atoms with Crippen molar-refractivity contribution in [1.29, 1.82) is 0 Å². The van der Waals surface area contributed by atoms with E-state index in [0.717, 1.165) is 11.9 Å². The van der Waals surface area contributed by atoms with Crippen molar-refractivity contribution in [3.63, 3.8) is 0 Å². The molecule has 0 saturated carbocycles. The molecular weight excluding hydrogens is 238 g/mol. The predicted molar refractivity (Wildman–Crippen MR) is 62.3 cm³/mol. The van der Waals surface area contributed by atoms with E-state index in [1.165, 1.54) is 0 Å². The molecule has 0 unspecified atom stereocenters. The van der Waals surface area contributed by atoms with Gasteiger partial charge in [-0.25, -0.2) is 9.78 Å². The number of amides is 1. The van der Waals surface area contributed by atoms with Crippen LogP contribution < -0.4 is 16.6 Å². The first-order valence-electron chi connectivity index (χ1n) is 5.25. The number of aromatic nitrogens is 4. The van der Waals surface area contributed by atoms with Gasteiger partial charge in [0.05, 0.1) is 0 Å². The Morgan fingerprint density at radius 2 is 2.17 bits per heavy atom. The second-order valence-electron chi connectivity index (χ2n) is 3.54. The van der Waals surface area contributed by atoms with E-state index in [1.54, 1.807) is 12.4 Å². The first kappa shape index (κ1) is 11.8. The minimum atomic E-state index is -0.710. The highest BCUT2D eigenvalue weighted by molar-refractivity contribution is 5.91. The monoisotopic (exact) mass is 249 g/mol. The maximum atomic E-state index is 11.6. The summed E-state index contributed by atoms with van der Waals surface area (Å²) in [7, 11) is 0. The maximum Gasteiger partial charge on any atom is 0.326 e. The molecule has 0 aliphatic carbocycles. The van der Waals surface area contributed by atoms with Crippen LogP contribution in [0.4, 0.5) is 0 Å². The lowest BCUT2D eigenvalue weighted by molar-refractivity contribution is 0.0948. The number of H-pyrrole nitrogens is 3. The van der Waals surface area contributed by atoms with Gasteiger partial charge in [-0.1, -0.05) is 0 Å². The summed E-state index contributed by atoms with van der Waals surface area (Å²) in [5, 5.41) is 2.57. The highest BCUT2D eigenvalue weighted by atomic mass is 16.2. The van der Waals surface area contributed by atoms with E-state index < -0.39 is 17.2 Å². The molecule has 0 atom stereocenters. The van der Waals surface area contributed by atoms with Gasteiger partial charge < -0.3 is 15.3 Å². The van der Waals surface area contributed by atoms with Crippen molar-refractivity contribution in [2.75, 3.05) is 6.54 Å². The highest BCUT2D eigenvalue weighted by Gasteiger charge is 2.07. The average Bonchev–Trinajstić information content (AvgIpc) is 2.80. The molecule has 0 radical (unpaired) electrons. The highest BCUT2D eigenvalue weighted by Crippen LogP contribution is 1.90. The van der Waals surface area contributed by atoms with Crippen molar-refractivity contribution < 1.29 is 4.79 Å². The fourth-order valence-corrected chi connectivity index (χ4v) is 1.42. The number of nitrogens with one attached hydrogen (secondary N) is 4. The Kier molecular flexibility index (Phi) is 3.37. The number of aromatic amines is 3. The Hall–Kier alpha value is -2.64. The quantitative estimate of drug-likeness (QED) is 0.541. The summed E-state index contributed by atoms with van der Waals surface area (Å²) in [6.45, 7) is 0.348. The van der Waals surface area contributed by atoms with Gasteiger partial charge in [0.1, 0.15) is 11.5 Å². The number of nitrogens with zero attached hydrogens (tertiary/aromatic N) is 1. The van der Waals surface area contributed by atoms with Gasteiger partial charge in [-0.15, -0.1) is 0 Å². The third-order valence-electron chi connectivity index (χ3n) is 2.21. The van der Waals surface area contributed by atoms with E-state index in [-0.39, 0.29) is 5.69 Å². The van der Waals surface area contributed by atoms with Gasteiger partial charge in [0.25, 0.3) is 11.5 Å². The van der Waals surface area contributed by atoms with Crippen molar-refractivity contribution in [3.8, 4) is 0 Å². The summed E-state index contributed by atoms with van der Waals surface area (Å²) in [4.78, 5) is 44.7. The van der Waals surface area contributed by atoms with Gasteiger partial charge in [0.2, 0.25) is 0 Å². The van der Waals surface area contributed by atoms with E-state index in [9.17, 15) is 14.4 Å². The molecule has 4 N–H and O–H groups in total. The van der Waals surface area contributed by atoms with Crippen LogP contribution in [-0.4, -0.2) is 32.4 Å². The molecule has 8 heteroatoms. The van der Waals surface area contributed by atoms with Gasteiger partial charge in [-0.3, -0.25) is 14.6 Å². The Morgan fingerprint density at radius 3 is 2.83 bits per heavy atom. The lowest BCUT2D eigenvalue weighted by Gasteiger charge is -2.03. The van der Waals surface area contributed by atoms with Crippen LogP contribution in [0.3, 0.4) is 0 Å². The molecule has 2 aromatic rings. The van der Waals surface area contributed by atoms with Crippen LogP contribution in [0.15, 0.2) is 28.0 Å². The van der Waals surface area contributed by atoms with E-state index in [1.807, 2.05) is 4.98 Å². The summed E-state index contributed by atoms with van der Waals surface area (Å²) in [5.74, 6) is 0.236. The van der Waals surface area contributed by atoms with Crippen molar-refractivity contribution in [2.45, 2.75) is 6.42 Å². The van der Waals surface area contributed by atoms with Gasteiger partial charge in [0.15, 0.2) is 0 Å². The number of hydrogen-bond acceptors (Lipinski definition) is 4. The zero-order valence-corrected chi connectivity index (χ0v) is 9.32. The number of carbonyl (C=O) groups is 1. The first-order chi connectivity index (χ1) is 8.65. The van der Waals surface area contributed by atoms with Crippen LogP contribution in [-0.2, 0) is 6.42 Å². The topological polar surface area (TPSA) is 123 Å². The zero-order chi connectivity index (χ0) is 13.0.